The number of hydrogen-bond acceptors (Lipinski definition) is 4. The molecule has 0 aliphatic carbocycles. The smallest absolute Gasteiger partial charge is 0.236 e. The van der Waals surface area contributed by atoms with Gasteiger partial charge in [-0.1, -0.05) is 0 Å². The van der Waals surface area contributed by atoms with Crippen LogP contribution in [-0.2, 0) is 14.8 Å². The quantitative estimate of drug-likeness (QED) is 0.783. The van der Waals surface area contributed by atoms with Crippen molar-refractivity contribution in [3.63, 3.8) is 0 Å². The Morgan fingerprint density at radius 2 is 2.19 bits per heavy atom. The first-order valence-electron chi connectivity index (χ1n) is 4.38. The lowest BCUT2D eigenvalue weighted by Crippen LogP contribution is -1.99. The lowest BCUT2D eigenvalue weighted by atomic mass is 10.1. The van der Waals surface area contributed by atoms with Crippen LogP contribution in [0.4, 0.5) is 0 Å². The van der Waals surface area contributed by atoms with Gasteiger partial charge in [-0.2, -0.15) is 0 Å². The van der Waals surface area contributed by atoms with Crippen LogP contribution in [0.2, 0.25) is 0 Å². The van der Waals surface area contributed by atoms with Crippen molar-refractivity contribution in [1.82, 2.24) is 0 Å². The van der Waals surface area contributed by atoms with E-state index in [-0.39, 0.29) is 12.5 Å². The number of halogens is 2. The van der Waals surface area contributed by atoms with E-state index in [4.69, 9.17) is 20.2 Å². The van der Waals surface area contributed by atoms with Crippen LogP contribution >= 0.6 is 26.6 Å². The average molecular weight is 328 g/mol. The van der Waals surface area contributed by atoms with E-state index < -0.39 is 9.05 Å². The molecule has 0 atom stereocenters. The van der Waals surface area contributed by atoms with Gasteiger partial charge in [-0.05, 0) is 40.0 Å². The molecule has 88 valence electrons. The summed E-state index contributed by atoms with van der Waals surface area (Å²) in [5, 5.41) is 0. The largest absolute Gasteiger partial charge is 0.454 e. The van der Waals surface area contributed by atoms with Gasteiger partial charge in [0.2, 0.25) is 15.8 Å². The summed E-state index contributed by atoms with van der Waals surface area (Å²) >= 11 is 3.31. The van der Waals surface area contributed by atoms with Crippen LogP contribution < -0.4 is 9.47 Å². The fourth-order valence-corrected chi connectivity index (χ4v) is 3.50. The molecule has 1 aliphatic rings. The van der Waals surface area contributed by atoms with Crippen molar-refractivity contribution in [3.8, 4) is 11.5 Å². The summed E-state index contributed by atoms with van der Waals surface area (Å²) in [4.78, 5) is 0. The SMILES string of the molecule is Cc1cc2c(c(Br)c1CS(=O)(=O)Cl)OCO2. The Hall–Kier alpha value is -0.460. The van der Waals surface area contributed by atoms with Gasteiger partial charge in [-0.3, -0.25) is 0 Å². The van der Waals surface area contributed by atoms with Gasteiger partial charge in [-0.25, -0.2) is 8.42 Å². The van der Waals surface area contributed by atoms with Crippen LogP contribution in [0.15, 0.2) is 10.5 Å². The summed E-state index contributed by atoms with van der Waals surface area (Å²) in [7, 11) is 1.65. The molecule has 0 N–H and O–H groups in total. The molecule has 4 nitrogen and oxygen atoms in total. The molecule has 1 aromatic carbocycles. The van der Waals surface area contributed by atoms with E-state index in [1.54, 1.807) is 13.0 Å². The van der Waals surface area contributed by atoms with Crippen molar-refractivity contribution in [2.24, 2.45) is 0 Å². The Balaban J connectivity index is 2.54. The number of aryl methyl sites for hydroxylation is 1. The van der Waals surface area contributed by atoms with Crippen molar-refractivity contribution in [2.45, 2.75) is 12.7 Å². The first-order valence-corrected chi connectivity index (χ1v) is 7.65. The molecular weight excluding hydrogens is 320 g/mol. The minimum Gasteiger partial charge on any atom is -0.454 e. The highest BCUT2D eigenvalue weighted by molar-refractivity contribution is 9.10. The van der Waals surface area contributed by atoms with Gasteiger partial charge in [0, 0.05) is 10.7 Å². The molecule has 2 rings (SSSR count). The molecule has 0 saturated carbocycles. The van der Waals surface area contributed by atoms with E-state index in [9.17, 15) is 8.42 Å². The summed E-state index contributed by atoms with van der Waals surface area (Å²) in [5.74, 6) is 0.901. The van der Waals surface area contributed by atoms with Crippen LogP contribution in [0.5, 0.6) is 11.5 Å². The van der Waals surface area contributed by atoms with Gasteiger partial charge in [0.25, 0.3) is 0 Å². The maximum atomic E-state index is 11.1. The second-order valence-corrected chi connectivity index (χ2v) is 6.97. The van der Waals surface area contributed by atoms with Crippen molar-refractivity contribution in [3.05, 3.63) is 21.7 Å². The maximum Gasteiger partial charge on any atom is 0.236 e. The van der Waals surface area contributed by atoms with Crippen molar-refractivity contribution >= 4 is 35.7 Å². The predicted octanol–water partition coefficient (Wildman–Crippen LogP) is 2.55. The number of hydrogen-bond donors (Lipinski definition) is 0. The van der Waals surface area contributed by atoms with E-state index in [0.29, 0.717) is 21.5 Å². The maximum absolute atomic E-state index is 11.1. The molecule has 0 radical (unpaired) electrons. The summed E-state index contributed by atoms with van der Waals surface area (Å²) in [6.45, 7) is 1.94. The van der Waals surface area contributed by atoms with Crippen LogP contribution in [0.1, 0.15) is 11.1 Å². The van der Waals surface area contributed by atoms with Crippen LogP contribution in [-0.4, -0.2) is 15.2 Å². The topological polar surface area (TPSA) is 52.6 Å². The Bertz CT molecular complexity index is 541. The Morgan fingerprint density at radius 1 is 1.50 bits per heavy atom. The number of fused-ring (bicyclic) bond motifs is 1. The second-order valence-electron chi connectivity index (χ2n) is 3.40. The van der Waals surface area contributed by atoms with E-state index in [1.165, 1.54) is 0 Å². The second kappa shape index (κ2) is 4.09. The predicted molar refractivity (Wildman–Crippen MR) is 63.5 cm³/mol. The fourth-order valence-electron chi connectivity index (χ4n) is 1.51. The molecule has 0 bridgehead atoms. The zero-order valence-electron chi connectivity index (χ0n) is 8.29. The standard InChI is InChI=1S/C9H8BrClO4S/c1-5-2-7-9(15-4-14-7)8(10)6(5)3-16(11,12)13/h2H,3-4H2,1H3. The van der Waals surface area contributed by atoms with Gasteiger partial charge < -0.3 is 9.47 Å². The molecule has 7 heteroatoms. The van der Waals surface area contributed by atoms with Gasteiger partial charge >= 0.3 is 0 Å². The molecule has 0 aromatic heterocycles. The van der Waals surface area contributed by atoms with E-state index in [0.717, 1.165) is 5.56 Å². The van der Waals surface area contributed by atoms with Gasteiger partial charge in [0.1, 0.15) is 0 Å². The normalized spacial score (nSPS) is 14.2. The summed E-state index contributed by atoms with van der Waals surface area (Å²) < 4.78 is 33.2. The fraction of sp³-hybridized carbons (Fsp3) is 0.333. The summed E-state index contributed by atoms with van der Waals surface area (Å²) in [5.41, 5.74) is 1.39. The number of rotatable bonds is 2. The lowest BCUT2D eigenvalue weighted by Gasteiger charge is -2.09. The monoisotopic (exact) mass is 326 g/mol. The van der Waals surface area contributed by atoms with Gasteiger partial charge in [0.15, 0.2) is 11.5 Å². The molecule has 0 amide bonds. The molecule has 0 fully saturated rings. The van der Waals surface area contributed by atoms with Crippen LogP contribution in [0.25, 0.3) is 0 Å². The molecular formula is C9H8BrClO4S. The van der Waals surface area contributed by atoms with E-state index in [1.807, 2.05) is 0 Å². The number of ether oxygens (including phenoxy) is 2. The first kappa shape index (κ1) is 12.0. The zero-order chi connectivity index (χ0) is 11.9. The van der Waals surface area contributed by atoms with Crippen molar-refractivity contribution in [2.75, 3.05) is 6.79 Å². The highest BCUT2D eigenvalue weighted by Gasteiger charge is 2.23. The lowest BCUT2D eigenvalue weighted by molar-refractivity contribution is 0.173. The number of benzene rings is 1. The van der Waals surface area contributed by atoms with Gasteiger partial charge in [-0.15, -0.1) is 0 Å². The van der Waals surface area contributed by atoms with Crippen LogP contribution in [0, 0.1) is 6.92 Å². The Labute approximate surface area is 106 Å². The minimum absolute atomic E-state index is 0.143. The molecule has 16 heavy (non-hydrogen) atoms. The Morgan fingerprint density at radius 3 is 2.81 bits per heavy atom. The molecule has 1 aliphatic heterocycles. The third-order valence-electron chi connectivity index (χ3n) is 2.25. The Kier molecular flexibility index (Phi) is 3.07. The third kappa shape index (κ3) is 2.28. The van der Waals surface area contributed by atoms with Gasteiger partial charge in [0.05, 0.1) is 10.2 Å². The first-order chi connectivity index (χ1) is 7.38. The molecule has 0 saturated heterocycles. The van der Waals surface area contributed by atoms with E-state index in [2.05, 4.69) is 15.9 Å². The van der Waals surface area contributed by atoms with Crippen molar-refractivity contribution < 1.29 is 17.9 Å². The van der Waals surface area contributed by atoms with Crippen molar-refractivity contribution in [1.29, 1.82) is 0 Å². The zero-order valence-corrected chi connectivity index (χ0v) is 11.4. The molecule has 0 unspecified atom stereocenters. The third-order valence-corrected chi connectivity index (χ3v) is 4.05. The minimum atomic E-state index is -3.59. The van der Waals surface area contributed by atoms with Crippen LogP contribution in [0.3, 0.4) is 0 Å². The molecule has 1 aromatic rings. The highest BCUT2D eigenvalue weighted by atomic mass is 79.9. The molecule has 0 spiro atoms. The summed E-state index contributed by atoms with van der Waals surface area (Å²) in [6.07, 6.45) is 0. The van der Waals surface area contributed by atoms with E-state index >= 15 is 0 Å². The highest BCUT2D eigenvalue weighted by Crippen LogP contribution is 2.43. The molecule has 1 heterocycles. The average Bonchev–Trinajstić information content (AvgIpc) is 2.58. The summed E-state index contributed by atoms with van der Waals surface area (Å²) in [6, 6.07) is 1.74.